The average Bonchev–Trinajstić information content (AvgIpc) is 2.43. The van der Waals surface area contributed by atoms with Crippen LogP contribution in [0, 0.1) is 17.7 Å². The summed E-state index contributed by atoms with van der Waals surface area (Å²) in [7, 11) is -0.0818. The summed E-state index contributed by atoms with van der Waals surface area (Å²) in [5.41, 5.74) is 0.0460. The largest absolute Gasteiger partial charge is 0.384 e. The van der Waals surface area contributed by atoms with Crippen molar-refractivity contribution in [3.8, 4) is 11.8 Å². The van der Waals surface area contributed by atoms with Crippen molar-refractivity contribution in [3.05, 3.63) is 29.6 Å². The molecule has 1 aromatic carbocycles. The number of likely N-dealkylation sites (N-methyl/N-ethyl adjacent to an activating group) is 1. The van der Waals surface area contributed by atoms with Gasteiger partial charge in [0.05, 0.1) is 10.5 Å². The zero-order chi connectivity index (χ0) is 16.0. The molecule has 0 radical (unpaired) electrons. The van der Waals surface area contributed by atoms with E-state index in [0.717, 1.165) is 6.07 Å². The van der Waals surface area contributed by atoms with Gasteiger partial charge in [-0.1, -0.05) is 11.8 Å². The van der Waals surface area contributed by atoms with E-state index in [1.807, 2.05) is 25.9 Å². The Labute approximate surface area is 124 Å². The van der Waals surface area contributed by atoms with Crippen molar-refractivity contribution in [2.45, 2.75) is 17.9 Å². The Morgan fingerprint density at radius 3 is 2.62 bits per heavy atom. The second-order valence-electron chi connectivity index (χ2n) is 4.77. The topological polar surface area (TPSA) is 69.6 Å². The third-order valence-electron chi connectivity index (χ3n) is 3.00. The number of aliphatic hydroxyl groups excluding tert-OH is 1. The molecule has 1 rings (SSSR count). The molecule has 7 heteroatoms. The molecule has 0 aliphatic carbocycles. The van der Waals surface area contributed by atoms with Crippen LogP contribution in [0.3, 0.4) is 0 Å². The zero-order valence-electron chi connectivity index (χ0n) is 12.2. The minimum absolute atomic E-state index is 0.0133. The van der Waals surface area contributed by atoms with Crippen LogP contribution >= 0.6 is 0 Å². The van der Waals surface area contributed by atoms with Crippen LogP contribution in [0.5, 0.6) is 0 Å². The summed E-state index contributed by atoms with van der Waals surface area (Å²) in [6.45, 7) is 1.71. The fraction of sp³-hybridized carbons (Fsp3) is 0.429. The van der Waals surface area contributed by atoms with E-state index in [4.69, 9.17) is 5.11 Å². The number of halogens is 1. The molecule has 0 amide bonds. The van der Waals surface area contributed by atoms with Crippen LogP contribution < -0.4 is 4.72 Å². The normalized spacial score (nSPS) is 12.9. The van der Waals surface area contributed by atoms with Gasteiger partial charge >= 0.3 is 0 Å². The Hall–Kier alpha value is -1.46. The van der Waals surface area contributed by atoms with Gasteiger partial charge in [-0.25, -0.2) is 17.5 Å². The molecule has 0 aromatic heterocycles. The highest BCUT2D eigenvalue weighted by atomic mass is 32.2. The third kappa shape index (κ3) is 5.10. The molecule has 0 bridgehead atoms. The van der Waals surface area contributed by atoms with Gasteiger partial charge in [-0.15, -0.1) is 0 Å². The first kappa shape index (κ1) is 17.6. The summed E-state index contributed by atoms with van der Waals surface area (Å²) < 4.78 is 40.3. The summed E-state index contributed by atoms with van der Waals surface area (Å²) in [6.07, 6.45) is 0. The maximum Gasteiger partial charge on any atom is 0.240 e. The lowest BCUT2D eigenvalue weighted by Gasteiger charge is -2.20. The summed E-state index contributed by atoms with van der Waals surface area (Å²) in [4.78, 5) is 1.72. The zero-order valence-corrected chi connectivity index (χ0v) is 13.0. The Bertz CT molecular complexity index is 648. The van der Waals surface area contributed by atoms with E-state index < -0.39 is 15.8 Å². The molecular formula is C14H19FN2O3S. The molecule has 5 nitrogen and oxygen atoms in total. The predicted molar refractivity (Wildman–Crippen MR) is 78.7 cm³/mol. The highest BCUT2D eigenvalue weighted by molar-refractivity contribution is 7.89. The number of nitrogens with one attached hydrogen (secondary N) is 1. The van der Waals surface area contributed by atoms with E-state index in [9.17, 15) is 12.8 Å². The second-order valence-corrected chi connectivity index (χ2v) is 6.53. The quantitative estimate of drug-likeness (QED) is 0.772. The van der Waals surface area contributed by atoms with Crippen LogP contribution in [0.2, 0.25) is 0 Å². The molecular weight excluding hydrogens is 295 g/mol. The third-order valence-corrected chi connectivity index (χ3v) is 4.42. The highest BCUT2D eigenvalue weighted by Gasteiger charge is 2.17. The first-order chi connectivity index (χ1) is 9.77. The van der Waals surface area contributed by atoms with Crippen LogP contribution in [0.15, 0.2) is 23.1 Å². The Morgan fingerprint density at radius 1 is 1.43 bits per heavy atom. The summed E-state index contributed by atoms with van der Waals surface area (Å²) in [5, 5.41) is 8.56. The summed E-state index contributed by atoms with van der Waals surface area (Å²) >= 11 is 0. The number of hydrogen-bond acceptors (Lipinski definition) is 4. The maximum absolute atomic E-state index is 13.7. The van der Waals surface area contributed by atoms with Gasteiger partial charge in [0.25, 0.3) is 0 Å². The maximum atomic E-state index is 13.7. The minimum Gasteiger partial charge on any atom is -0.384 e. The number of rotatable bonds is 5. The van der Waals surface area contributed by atoms with Gasteiger partial charge in [0.2, 0.25) is 10.0 Å². The predicted octanol–water partition coefficient (Wildman–Crippen LogP) is 0.398. The van der Waals surface area contributed by atoms with Crippen molar-refractivity contribution in [2.24, 2.45) is 0 Å². The van der Waals surface area contributed by atoms with E-state index in [-0.39, 0.29) is 29.7 Å². The fourth-order valence-corrected chi connectivity index (χ4v) is 2.53. The molecule has 1 unspecified atom stereocenters. The number of benzene rings is 1. The van der Waals surface area contributed by atoms with Gasteiger partial charge in [-0.05, 0) is 39.2 Å². The molecule has 0 aliphatic heterocycles. The van der Waals surface area contributed by atoms with Crippen molar-refractivity contribution in [1.82, 2.24) is 9.62 Å². The van der Waals surface area contributed by atoms with Crippen molar-refractivity contribution in [2.75, 3.05) is 27.2 Å². The van der Waals surface area contributed by atoms with Gasteiger partial charge in [0.1, 0.15) is 12.4 Å². The summed E-state index contributed by atoms with van der Waals surface area (Å²) in [6, 6.07) is 3.50. The molecule has 0 spiro atoms. The number of nitrogens with zero attached hydrogens (tertiary/aromatic N) is 1. The Morgan fingerprint density at radius 2 is 2.10 bits per heavy atom. The standard InChI is InChI=1S/C14H19FN2O3S/c1-11(17(2)3)10-16-21(19,20)13-7-6-12(5-4-8-18)14(15)9-13/h6-7,9,11,16,18H,8,10H2,1-3H3. The van der Waals surface area contributed by atoms with Gasteiger partial charge in [0.15, 0.2) is 0 Å². The van der Waals surface area contributed by atoms with E-state index in [0.29, 0.717) is 0 Å². The highest BCUT2D eigenvalue weighted by Crippen LogP contribution is 2.14. The van der Waals surface area contributed by atoms with Gasteiger partial charge in [-0.3, -0.25) is 0 Å². The first-order valence-electron chi connectivity index (χ1n) is 6.33. The molecule has 21 heavy (non-hydrogen) atoms. The second kappa shape index (κ2) is 7.52. The lowest BCUT2D eigenvalue weighted by atomic mass is 10.2. The minimum atomic E-state index is -3.76. The lowest BCUT2D eigenvalue weighted by molar-refractivity contribution is 0.314. The van der Waals surface area contributed by atoms with Crippen LogP contribution in [-0.2, 0) is 10.0 Å². The van der Waals surface area contributed by atoms with Crippen LogP contribution in [0.4, 0.5) is 4.39 Å². The van der Waals surface area contributed by atoms with Crippen LogP contribution in [0.25, 0.3) is 0 Å². The SMILES string of the molecule is CC(CNS(=O)(=O)c1ccc(C#CCO)c(F)c1)N(C)C. The smallest absolute Gasteiger partial charge is 0.240 e. The molecule has 1 aromatic rings. The molecule has 0 fully saturated rings. The average molecular weight is 314 g/mol. The fourth-order valence-electron chi connectivity index (χ4n) is 1.40. The summed E-state index contributed by atoms with van der Waals surface area (Å²) in [5.74, 6) is 3.98. The first-order valence-corrected chi connectivity index (χ1v) is 7.81. The molecule has 0 heterocycles. The Kier molecular flexibility index (Phi) is 6.30. The van der Waals surface area contributed by atoms with Crippen LogP contribution in [-0.4, -0.2) is 51.7 Å². The van der Waals surface area contributed by atoms with E-state index in [1.54, 1.807) is 0 Å². The molecule has 0 saturated carbocycles. The van der Waals surface area contributed by atoms with E-state index in [1.165, 1.54) is 12.1 Å². The van der Waals surface area contributed by atoms with Gasteiger partial charge < -0.3 is 10.0 Å². The molecule has 1 atom stereocenters. The lowest BCUT2D eigenvalue weighted by Crippen LogP contribution is -2.38. The van der Waals surface area contributed by atoms with E-state index in [2.05, 4.69) is 16.6 Å². The number of sulfonamides is 1. The molecule has 0 aliphatic rings. The van der Waals surface area contributed by atoms with Crippen LogP contribution in [0.1, 0.15) is 12.5 Å². The van der Waals surface area contributed by atoms with Crippen molar-refractivity contribution >= 4 is 10.0 Å². The molecule has 116 valence electrons. The van der Waals surface area contributed by atoms with Crippen molar-refractivity contribution in [1.29, 1.82) is 0 Å². The van der Waals surface area contributed by atoms with Gasteiger partial charge in [0, 0.05) is 12.6 Å². The molecule has 0 saturated heterocycles. The monoisotopic (exact) mass is 314 g/mol. The Balaban J connectivity index is 2.92. The van der Waals surface area contributed by atoms with Crippen molar-refractivity contribution in [3.63, 3.8) is 0 Å². The molecule has 2 N–H and O–H groups in total. The number of aliphatic hydroxyl groups is 1. The van der Waals surface area contributed by atoms with Crippen molar-refractivity contribution < 1.29 is 17.9 Å². The number of hydrogen-bond donors (Lipinski definition) is 2. The van der Waals surface area contributed by atoms with Gasteiger partial charge in [-0.2, -0.15) is 0 Å². The van der Waals surface area contributed by atoms with E-state index >= 15 is 0 Å².